The number of amides is 2. The number of carbonyl (C=O) groups excluding carboxylic acids is 1. The van der Waals surface area contributed by atoms with Crippen LogP contribution in [0.15, 0.2) is 18.2 Å². The fraction of sp³-hybridized carbons (Fsp3) is 0.300. The summed E-state index contributed by atoms with van der Waals surface area (Å²) in [5.41, 5.74) is 0.985. The molecular formula is C10H13FN2O2. The van der Waals surface area contributed by atoms with Crippen LogP contribution < -0.4 is 10.6 Å². The second-order valence-electron chi connectivity index (χ2n) is 3.07. The van der Waals surface area contributed by atoms with E-state index in [-0.39, 0.29) is 19.0 Å². The molecule has 4 nitrogen and oxygen atoms in total. The minimum Gasteiger partial charge on any atom is -0.395 e. The third kappa shape index (κ3) is 3.55. The predicted molar refractivity (Wildman–Crippen MR) is 55.2 cm³/mol. The van der Waals surface area contributed by atoms with Crippen LogP contribution in [0.1, 0.15) is 5.56 Å². The summed E-state index contributed by atoms with van der Waals surface area (Å²) in [6.45, 7) is 1.69. The van der Waals surface area contributed by atoms with E-state index in [9.17, 15) is 9.18 Å². The largest absolute Gasteiger partial charge is 0.395 e. The molecule has 5 heteroatoms. The van der Waals surface area contributed by atoms with Crippen LogP contribution in [0.3, 0.4) is 0 Å². The molecule has 3 N–H and O–H groups in total. The van der Waals surface area contributed by atoms with Gasteiger partial charge in [-0.05, 0) is 30.7 Å². The minimum absolute atomic E-state index is 0.115. The van der Waals surface area contributed by atoms with E-state index in [0.29, 0.717) is 11.3 Å². The molecule has 0 unspecified atom stereocenters. The van der Waals surface area contributed by atoms with Crippen molar-refractivity contribution < 1.29 is 14.3 Å². The molecule has 0 radical (unpaired) electrons. The first kappa shape index (κ1) is 11.5. The maximum absolute atomic E-state index is 12.9. The van der Waals surface area contributed by atoms with E-state index in [0.717, 1.165) is 0 Å². The number of aliphatic hydroxyl groups excluding tert-OH is 1. The van der Waals surface area contributed by atoms with Gasteiger partial charge in [-0.25, -0.2) is 9.18 Å². The van der Waals surface area contributed by atoms with E-state index in [2.05, 4.69) is 10.6 Å². The van der Waals surface area contributed by atoms with Gasteiger partial charge in [0.1, 0.15) is 5.82 Å². The minimum atomic E-state index is -0.421. The predicted octanol–water partition coefficient (Wildman–Crippen LogP) is 1.25. The molecule has 0 heterocycles. The zero-order valence-corrected chi connectivity index (χ0v) is 8.38. The second-order valence-corrected chi connectivity index (χ2v) is 3.07. The van der Waals surface area contributed by atoms with Gasteiger partial charge in [-0.15, -0.1) is 0 Å². The number of urea groups is 1. The molecule has 0 fully saturated rings. The Kier molecular flexibility index (Phi) is 4.05. The lowest BCUT2D eigenvalue weighted by molar-refractivity contribution is 0.245. The Balaban J connectivity index is 2.57. The van der Waals surface area contributed by atoms with Crippen LogP contribution >= 0.6 is 0 Å². The molecule has 0 saturated heterocycles. The lowest BCUT2D eigenvalue weighted by atomic mass is 10.2. The monoisotopic (exact) mass is 212 g/mol. The van der Waals surface area contributed by atoms with Crippen molar-refractivity contribution in [3.05, 3.63) is 29.6 Å². The van der Waals surface area contributed by atoms with E-state index in [4.69, 9.17) is 5.11 Å². The molecule has 0 aromatic heterocycles. The summed E-state index contributed by atoms with van der Waals surface area (Å²) in [4.78, 5) is 11.1. The van der Waals surface area contributed by atoms with E-state index in [1.54, 1.807) is 6.92 Å². The van der Waals surface area contributed by atoms with E-state index >= 15 is 0 Å². The smallest absolute Gasteiger partial charge is 0.319 e. The Morgan fingerprint density at radius 2 is 2.27 bits per heavy atom. The van der Waals surface area contributed by atoms with Gasteiger partial charge in [-0.3, -0.25) is 0 Å². The number of hydrogen-bond acceptors (Lipinski definition) is 2. The number of aliphatic hydroxyl groups is 1. The summed E-state index contributed by atoms with van der Waals surface area (Å²) in [5, 5.41) is 13.4. The second kappa shape index (κ2) is 5.31. The molecule has 15 heavy (non-hydrogen) atoms. The molecule has 2 amide bonds. The average molecular weight is 212 g/mol. The first-order valence-corrected chi connectivity index (χ1v) is 4.55. The van der Waals surface area contributed by atoms with Gasteiger partial charge < -0.3 is 15.7 Å². The van der Waals surface area contributed by atoms with Crippen molar-refractivity contribution in [3.63, 3.8) is 0 Å². The Labute approximate surface area is 87.1 Å². The topological polar surface area (TPSA) is 61.4 Å². The van der Waals surface area contributed by atoms with Crippen LogP contribution in [-0.4, -0.2) is 24.3 Å². The Hall–Kier alpha value is -1.62. The van der Waals surface area contributed by atoms with Gasteiger partial charge in [-0.1, -0.05) is 0 Å². The fourth-order valence-corrected chi connectivity index (χ4v) is 1.07. The highest BCUT2D eigenvalue weighted by molar-refractivity contribution is 5.89. The maximum atomic E-state index is 12.9. The third-order valence-corrected chi connectivity index (χ3v) is 1.81. The molecule has 1 rings (SSSR count). The Bertz CT molecular complexity index is 355. The van der Waals surface area contributed by atoms with Crippen molar-refractivity contribution in [2.45, 2.75) is 6.92 Å². The zero-order chi connectivity index (χ0) is 11.3. The first-order chi connectivity index (χ1) is 7.13. The number of carbonyl (C=O) groups is 1. The number of benzene rings is 1. The van der Waals surface area contributed by atoms with Crippen molar-refractivity contribution in [2.24, 2.45) is 0 Å². The SMILES string of the molecule is Cc1cc(NC(=O)NCCO)ccc1F. The van der Waals surface area contributed by atoms with Crippen molar-refractivity contribution in [1.82, 2.24) is 5.32 Å². The van der Waals surface area contributed by atoms with Gasteiger partial charge in [0.25, 0.3) is 0 Å². The van der Waals surface area contributed by atoms with Crippen molar-refractivity contribution in [2.75, 3.05) is 18.5 Å². The van der Waals surface area contributed by atoms with Crippen LogP contribution in [0.25, 0.3) is 0 Å². The highest BCUT2D eigenvalue weighted by Gasteiger charge is 2.02. The summed E-state index contributed by atoms with van der Waals surface area (Å²) in [6.07, 6.45) is 0. The molecule has 0 aliphatic heterocycles. The van der Waals surface area contributed by atoms with E-state index < -0.39 is 6.03 Å². The molecule has 1 aromatic rings. The van der Waals surface area contributed by atoms with Gasteiger partial charge >= 0.3 is 6.03 Å². The number of aryl methyl sites for hydroxylation is 1. The third-order valence-electron chi connectivity index (χ3n) is 1.81. The van der Waals surface area contributed by atoms with Crippen molar-refractivity contribution >= 4 is 11.7 Å². The highest BCUT2D eigenvalue weighted by atomic mass is 19.1. The van der Waals surface area contributed by atoms with Crippen LogP contribution in [0.4, 0.5) is 14.9 Å². The first-order valence-electron chi connectivity index (χ1n) is 4.55. The van der Waals surface area contributed by atoms with Gasteiger partial charge in [0.2, 0.25) is 0 Å². The molecule has 0 saturated carbocycles. The highest BCUT2D eigenvalue weighted by Crippen LogP contribution is 2.13. The lowest BCUT2D eigenvalue weighted by Gasteiger charge is -2.07. The molecule has 0 spiro atoms. The number of hydrogen-bond donors (Lipinski definition) is 3. The number of anilines is 1. The van der Waals surface area contributed by atoms with Crippen molar-refractivity contribution in [1.29, 1.82) is 0 Å². The summed E-state index contributed by atoms with van der Waals surface area (Å²) in [5.74, 6) is -0.309. The van der Waals surface area contributed by atoms with E-state index in [1.165, 1.54) is 18.2 Å². The maximum Gasteiger partial charge on any atom is 0.319 e. The summed E-state index contributed by atoms with van der Waals surface area (Å²) in [6, 6.07) is 3.88. The van der Waals surface area contributed by atoms with Crippen LogP contribution in [0, 0.1) is 12.7 Å². The fourth-order valence-electron chi connectivity index (χ4n) is 1.07. The average Bonchev–Trinajstić information content (AvgIpc) is 2.20. The van der Waals surface area contributed by atoms with Gasteiger partial charge in [0.05, 0.1) is 6.61 Å². The van der Waals surface area contributed by atoms with E-state index in [1.807, 2.05) is 0 Å². The molecule has 0 bridgehead atoms. The summed E-state index contributed by atoms with van der Waals surface area (Å²) >= 11 is 0. The Morgan fingerprint density at radius 3 is 2.87 bits per heavy atom. The quantitative estimate of drug-likeness (QED) is 0.706. The number of nitrogens with one attached hydrogen (secondary N) is 2. The molecule has 0 atom stereocenters. The molecule has 0 aliphatic carbocycles. The normalized spacial score (nSPS) is 9.80. The molecule has 82 valence electrons. The number of halogens is 1. The van der Waals surface area contributed by atoms with Crippen molar-refractivity contribution in [3.8, 4) is 0 Å². The van der Waals surface area contributed by atoms with Gasteiger partial charge in [0.15, 0.2) is 0 Å². The summed E-state index contributed by atoms with van der Waals surface area (Å²) in [7, 11) is 0. The van der Waals surface area contributed by atoms with Crippen LogP contribution in [-0.2, 0) is 0 Å². The van der Waals surface area contributed by atoms with Crippen LogP contribution in [0.2, 0.25) is 0 Å². The standard InChI is InChI=1S/C10H13FN2O2/c1-7-6-8(2-3-9(7)11)13-10(15)12-4-5-14/h2-3,6,14H,4-5H2,1H3,(H2,12,13,15). The van der Waals surface area contributed by atoms with Crippen LogP contribution in [0.5, 0.6) is 0 Å². The van der Waals surface area contributed by atoms with Gasteiger partial charge in [-0.2, -0.15) is 0 Å². The number of rotatable bonds is 3. The Morgan fingerprint density at radius 1 is 1.53 bits per heavy atom. The zero-order valence-electron chi connectivity index (χ0n) is 8.38. The summed E-state index contributed by atoms with van der Waals surface area (Å²) < 4.78 is 12.9. The van der Waals surface area contributed by atoms with Gasteiger partial charge in [0, 0.05) is 12.2 Å². The lowest BCUT2D eigenvalue weighted by Crippen LogP contribution is -2.30. The molecule has 0 aliphatic rings. The molecule has 1 aromatic carbocycles. The molecular weight excluding hydrogens is 199 g/mol.